The zero-order chi connectivity index (χ0) is 26.9. The summed E-state index contributed by atoms with van der Waals surface area (Å²) in [5, 5.41) is 12.4. The van der Waals surface area contributed by atoms with Crippen LogP contribution in [0.15, 0.2) is 150 Å². The summed E-state index contributed by atoms with van der Waals surface area (Å²) in [6.45, 7) is 0. The lowest BCUT2D eigenvalue weighted by molar-refractivity contribution is 0.669. The van der Waals surface area contributed by atoms with Gasteiger partial charge in [-0.1, -0.05) is 127 Å². The van der Waals surface area contributed by atoms with Crippen molar-refractivity contribution in [3.8, 4) is 22.3 Å². The first-order valence-corrected chi connectivity index (χ1v) is 14.1. The van der Waals surface area contributed by atoms with Crippen molar-refractivity contribution in [2.45, 2.75) is 0 Å². The van der Waals surface area contributed by atoms with Gasteiger partial charge in [0.25, 0.3) is 0 Å². The minimum absolute atomic E-state index is 0.919. The molecule has 0 aliphatic rings. The zero-order valence-corrected chi connectivity index (χ0v) is 22.3. The molecule has 9 aromatic rings. The van der Waals surface area contributed by atoms with Gasteiger partial charge in [0, 0.05) is 10.8 Å². The van der Waals surface area contributed by atoms with Gasteiger partial charge in [-0.3, -0.25) is 0 Å². The molecule has 0 aliphatic carbocycles. The first-order valence-electron chi connectivity index (χ1n) is 14.1. The predicted molar refractivity (Wildman–Crippen MR) is 175 cm³/mol. The zero-order valence-electron chi connectivity index (χ0n) is 22.3. The quantitative estimate of drug-likeness (QED) is 0.163. The molecule has 0 spiro atoms. The fraction of sp³-hybridized carbons (Fsp3) is 0. The van der Waals surface area contributed by atoms with E-state index in [0.717, 1.165) is 21.9 Å². The Bertz CT molecular complexity index is 2420. The van der Waals surface area contributed by atoms with Gasteiger partial charge < -0.3 is 4.42 Å². The van der Waals surface area contributed by atoms with E-state index in [1.165, 1.54) is 65.3 Å². The molecular formula is C40H24O. The Labute approximate surface area is 236 Å². The van der Waals surface area contributed by atoms with E-state index in [2.05, 4.69) is 133 Å². The van der Waals surface area contributed by atoms with Crippen LogP contribution in [0.5, 0.6) is 0 Å². The van der Waals surface area contributed by atoms with Gasteiger partial charge in [-0.2, -0.15) is 0 Å². The molecule has 0 bridgehead atoms. The second-order valence-electron chi connectivity index (χ2n) is 10.8. The molecule has 0 N–H and O–H groups in total. The molecule has 8 aromatic carbocycles. The average molecular weight is 521 g/mol. The lowest BCUT2D eigenvalue weighted by atomic mass is 9.84. The molecule has 0 radical (unpaired) electrons. The van der Waals surface area contributed by atoms with Gasteiger partial charge in [-0.25, -0.2) is 0 Å². The highest BCUT2D eigenvalue weighted by atomic mass is 16.3. The van der Waals surface area contributed by atoms with Crippen LogP contribution in [0.4, 0.5) is 0 Å². The van der Waals surface area contributed by atoms with E-state index in [1.54, 1.807) is 0 Å². The largest absolute Gasteiger partial charge is 0.456 e. The van der Waals surface area contributed by atoms with Crippen molar-refractivity contribution in [3.05, 3.63) is 146 Å². The van der Waals surface area contributed by atoms with Crippen molar-refractivity contribution in [1.82, 2.24) is 0 Å². The summed E-state index contributed by atoms with van der Waals surface area (Å²) in [5.74, 6) is 0. The number of para-hydroxylation sites is 1. The van der Waals surface area contributed by atoms with Crippen LogP contribution in [0.3, 0.4) is 0 Å². The summed E-state index contributed by atoms with van der Waals surface area (Å²) in [4.78, 5) is 0. The van der Waals surface area contributed by atoms with Crippen LogP contribution in [-0.2, 0) is 0 Å². The Morgan fingerprint density at radius 3 is 1.66 bits per heavy atom. The number of hydrogen-bond donors (Lipinski definition) is 0. The summed E-state index contributed by atoms with van der Waals surface area (Å²) < 4.78 is 6.17. The molecule has 0 saturated heterocycles. The molecule has 0 atom stereocenters. The molecule has 0 saturated carbocycles. The van der Waals surface area contributed by atoms with Gasteiger partial charge in [-0.15, -0.1) is 0 Å². The normalized spacial score (nSPS) is 11.9. The van der Waals surface area contributed by atoms with Crippen molar-refractivity contribution in [2.24, 2.45) is 0 Å². The van der Waals surface area contributed by atoms with E-state index < -0.39 is 0 Å². The maximum atomic E-state index is 6.17. The van der Waals surface area contributed by atoms with Gasteiger partial charge in [0.1, 0.15) is 11.2 Å². The van der Waals surface area contributed by atoms with E-state index >= 15 is 0 Å². The molecule has 1 heteroatoms. The van der Waals surface area contributed by atoms with Crippen LogP contribution >= 0.6 is 0 Å². The molecule has 1 nitrogen and oxygen atoms in total. The molecular weight excluding hydrogens is 496 g/mol. The molecule has 0 amide bonds. The van der Waals surface area contributed by atoms with Crippen LogP contribution in [0, 0.1) is 0 Å². The van der Waals surface area contributed by atoms with Crippen molar-refractivity contribution in [2.75, 3.05) is 0 Å². The number of furan rings is 1. The summed E-state index contributed by atoms with van der Waals surface area (Å²) in [5.41, 5.74) is 6.87. The molecule has 41 heavy (non-hydrogen) atoms. The minimum Gasteiger partial charge on any atom is -0.456 e. The molecule has 0 aliphatic heterocycles. The van der Waals surface area contributed by atoms with E-state index in [4.69, 9.17) is 4.42 Å². The van der Waals surface area contributed by atoms with Crippen molar-refractivity contribution in [3.63, 3.8) is 0 Å². The molecule has 0 unspecified atom stereocenters. The van der Waals surface area contributed by atoms with Crippen LogP contribution in [-0.4, -0.2) is 0 Å². The monoisotopic (exact) mass is 520 g/mol. The highest BCUT2D eigenvalue weighted by molar-refractivity contribution is 6.26. The standard InChI is InChI=1S/C40H24O/c1-2-12-28-25(10-1)20-21-26-11-9-18-34(38(26)28)40-32-16-5-3-14-30(32)39(31-15-4-6-17-33(31)40)27-22-23-37-35(24-27)29-13-7-8-19-36(29)41-37/h1-24H. The van der Waals surface area contributed by atoms with E-state index in [1.807, 2.05) is 12.1 Å². The Kier molecular flexibility index (Phi) is 4.67. The van der Waals surface area contributed by atoms with Gasteiger partial charge in [0.15, 0.2) is 0 Å². The fourth-order valence-electron chi connectivity index (χ4n) is 6.88. The van der Waals surface area contributed by atoms with E-state index in [-0.39, 0.29) is 0 Å². The second kappa shape index (κ2) is 8.55. The Balaban J connectivity index is 1.44. The lowest BCUT2D eigenvalue weighted by Gasteiger charge is -2.19. The van der Waals surface area contributed by atoms with Crippen LogP contribution in [0.1, 0.15) is 0 Å². The highest BCUT2D eigenvalue weighted by Crippen LogP contribution is 2.47. The Morgan fingerprint density at radius 2 is 0.902 bits per heavy atom. The van der Waals surface area contributed by atoms with Crippen LogP contribution in [0.2, 0.25) is 0 Å². The molecule has 1 aromatic heterocycles. The summed E-state index contributed by atoms with van der Waals surface area (Å²) >= 11 is 0. The summed E-state index contributed by atoms with van der Waals surface area (Å²) in [6, 6.07) is 52.7. The van der Waals surface area contributed by atoms with E-state index in [9.17, 15) is 0 Å². The molecule has 0 fully saturated rings. The lowest BCUT2D eigenvalue weighted by Crippen LogP contribution is -1.92. The maximum absolute atomic E-state index is 6.17. The smallest absolute Gasteiger partial charge is 0.135 e. The van der Waals surface area contributed by atoms with Crippen molar-refractivity contribution in [1.29, 1.82) is 0 Å². The third-order valence-corrected chi connectivity index (χ3v) is 8.64. The Morgan fingerprint density at radius 1 is 0.341 bits per heavy atom. The number of benzene rings is 8. The topological polar surface area (TPSA) is 13.1 Å². The predicted octanol–water partition coefficient (Wildman–Crippen LogP) is 11.5. The minimum atomic E-state index is 0.919. The molecule has 190 valence electrons. The summed E-state index contributed by atoms with van der Waals surface area (Å²) in [6.07, 6.45) is 0. The van der Waals surface area contributed by atoms with Crippen LogP contribution < -0.4 is 0 Å². The molecule has 1 heterocycles. The van der Waals surface area contributed by atoms with Crippen molar-refractivity contribution < 1.29 is 4.42 Å². The first-order chi connectivity index (χ1) is 20.3. The van der Waals surface area contributed by atoms with Gasteiger partial charge in [0.2, 0.25) is 0 Å². The highest BCUT2D eigenvalue weighted by Gasteiger charge is 2.19. The Hall–Kier alpha value is -5.40. The third-order valence-electron chi connectivity index (χ3n) is 8.64. The summed E-state index contributed by atoms with van der Waals surface area (Å²) in [7, 11) is 0. The fourth-order valence-corrected chi connectivity index (χ4v) is 6.88. The molecule has 9 rings (SSSR count). The van der Waals surface area contributed by atoms with Crippen LogP contribution in [0.25, 0.3) is 87.3 Å². The van der Waals surface area contributed by atoms with Crippen molar-refractivity contribution >= 4 is 65.0 Å². The average Bonchev–Trinajstić information content (AvgIpc) is 3.41. The first kappa shape index (κ1) is 22.4. The number of hydrogen-bond acceptors (Lipinski definition) is 1. The van der Waals surface area contributed by atoms with E-state index in [0.29, 0.717) is 0 Å². The third kappa shape index (κ3) is 3.24. The van der Waals surface area contributed by atoms with Gasteiger partial charge in [0.05, 0.1) is 0 Å². The van der Waals surface area contributed by atoms with Gasteiger partial charge in [-0.05, 0) is 83.5 Å². The SMILES string of the molecule is c1ccc2c(c1)ccc1cccc(-c3c4ccccc4c(-c4ccc5oc6ccccc6c5c4)c4ccccc34)c12. The maximum Gasteiger partial charge on any atom is 0.135 e. The van der Waals surface area contributed by atoms with Gasteiger partial charge >= 0.3 is 0 Å². The number of fused-ring (bicyclic) bond motifs is 8. The second-order valence-corrected chi connectivity index (χ2v) is 10.8. The number of rotatable bonds is 2.